The molecule has 3 N–H and O–H groups in total. The summed E-state index contributed by atoms with van der Waals surface area (Å²) in [6, 6.07) is -0.317. The Hall–Kier alpha value is -0.0500. The molecular formula is C7H16ClNO. The van der Waals surface area contributed by atoms with Crippen molar-refractivity contribution in [1.29, 1.82) is 0 Å². The third-order valence-corrected chi connectivity index (χ3v) is 1.69. The Morgan fingerprint density at radius 2 is 2.20 bits per heavy atom. The summed E-state index contributed by atoms with van der Waals surface area (Å²) in [5.41, 5.74) is 4.70. The average molecular weight is 166 g/mol. The van der Waals surface area contributed by atoms with Gasteiger partial charge in [0.1, 0.15) is 0 Å². The van der Waals surface area contributed by atoms with Crippen LogP contribution in [0.15, 0.2) is 12.7 Å². The summed E-state index contributed by atoms with van der Waals surface area (Å²) in [7, 11) is 0. The number of rotatable bonds is 3. The zero-order chi connectivity index (χ0) is 7.49. The van der Waals surface area contributed by atoms with E-state index in [-0.39, 0.29) is 18.4 Å². The molecule has 10 heavy (non-hydrogen) atoms. The second kappa shape index (κ2) is 4.72. The lowest BCUT2D eigenvalue weighted by Crippen LogP contribution is -2.43. The Morgan fingerprint density at radius 3 is 2.30 bits per heavy atom. The van der Waals surface area contributed by atoms with E-state index < -0.39 is 5.60 Å². The van der Waals surface area contributed by atoms with Crippen LogP contribution in [0.1, 0.15) is 20.3 Å². The van der Waals surface area contributed by atoms with Crippen molar-refractivity contribution in [3.63, 3.8) is 0 Å². The first kappa shape index (κ1) is 12.6. The number of hydrogen-bond donors (Lipinski definition) is 2. The van der Waals surface area contributed by atoms with Gasteiger partial charge in [-0.3, -0.25) is 0 Å². The maximum absolute atomic E-state index is 9.40. The zero-order valence-electron chi connectivity index (χ0n) is 6.50. The standard InChI is InChI=1S/C7H15NO.ClH/c1-4-6(8)7(3,9)5-2;/h4,6,9H,1,5,8H2,2-3H3;1H. The van der Waals surface area contributed by atoms with Crippen LogP contribution in [0.2, 0.25) is 0 Å². The minimum absolute atomic E-state index is 0. The quantitative estimate of drug-likeness (QED) is 0.615. The van der Waals surface area contributed by atoms with Gasteiger partial charge in [0.25, 0.3) is 0 Å². The molecule has 2 unspecified atom stereocenters. The highest BCUT2D eigenvalue weighted by Crippen LogP contribution is 2.12. The summed E-state index contributed by atoms with van der Waals surface area (Å²) in [6.07, 6.45) is 2.21. The lowest BCUT2D eigenvalue weighted by Gasteiger charge is -2.25. The molecule has 0 bridgehead atoms. The molecule has 0 fully saturated rings. The van der Waals surface area contributed by atoms with E-state index in [0.29, 0.717) is 6.42 Å². The number of nitrogens with two attached hydrogens (primary N) is 1. The van der Waals surface area contributed by atoms with Gasteiger partial charge in [-0.1, -0.05) is 13.0 Å². The largest absolute Gasteiger partial charge is 0.388 e. The van der Waals surface area contributed by atoms with Gasteiger partial charge in [0.2, 0.25) is 0 Å². The van der Waals surface area contributed by atoms with E-state index in [0.717, 1.165) is 0 Å². The summed E-state index contributed by atoms with van der Waals surface area (Å²) in [5, 5.41) is 9.40. The lowest BCUT2D eigenvalue weighted by atomic mass is 9.95. The molecule has 0 radical (unpaired) electrons. The molecule has 62 valence electrons. The molecule has 0 rings (SSSR count). The molecule has 3 heteroatoms. The van der Waals surface area contributed by atoms with E-state index in [1.165, 1.54) is 0 Å². The summed E-state index contributed by atoms with van der Waals surface area (Å²) >= 11 is 0. The van der Waals surface area contributed by atoms with Crippen LogP contribution in [0.25, 0.3) is 0 Å². The van der Waals surface area contributed by atoms with Crippen LogP contribution in [0.5, 0.6) is 0 Å². The average Bonchev–Trinajstić information content (AvgIpc) is 1.86. The van der Waals surface area contributed by atoms with Crippen molar-refractivity contribution < 1.29 is 5.11 Å². The van der Waals surface area contributed by atoms with Gasteiger partial charge >= 0.3 is 0 Å². The van der Waals surface area contributed by atoms with Crippen molar-refractivity contribution in [2.75, 3.05) is 0 Å². The first-order valence-corrected chi connectivity index (χ1v) is 3.15. The minimum atomic E-state index is -0.790. The van der Waals surface area contributed by atoms with Gasteiger partial charge in [-0.2, -0.15) is 0 Å². The van der Waals surface area contributed by atoms with Crippen molar-refractivity contribution in [1.82, 2.24) is 0 Å². The van der Waals surface area contributed by atoms with Gasteiger partial charge in [-0.15, -0.1) is 19.0 Å². The highest BCUT2D eigenvalue weighted by molar-refractivity contribution is 5.85. The number of hydrogen-bond acceptors (Lipinski definition) is 2. The fourth-order valence-corrected chi connectivity index (χ4v) is 0.490. The van der Waals surface area contributed by atoms with Crippen LogP contribution in [0.3, 0.4) is 0 Å². The molecule has 0 aliphatic rings. The third kappa shape index (κ3) is 3.20. The van der Waals surface area contributed by atoms with Crippen molar-refractivity contribution in [2.45, 2.75) is 31.9 Å². The molecule has 0 aromatic rings. The van der Waals surface area contributed by atoms with Crippen molar-refractivity contribution in [3.8, 4) is 0 Å². The summed E-state index contributed by atoms with van der Waals surface area (Å²) < 4.78 is 0. The summed E-state index contributed by atoms with van der Waals surface area (Å²) in [4.78, 5) is 0. The van der Waals surface area contributed by atoms with E-state index in [4.69, 9.17) is 5.73 Å². The molecule has 0 aromatic heterocycles. The molecule has 0 aromatic carbocycles. The van der Waals surface area contributed by atoms with Crippen molar-refractivity contribution >= 4 is 12.4 Å². The molecule has 0 saturated heterocycles. The Labute approximate surface area is 68.5 Å². The summed E-state index contributed by atoms with van der Waals surface area (Å²) in [5.74, 6) is 0. The van der Waals surface area contributed by atoms with Gasteiger partial charge in [0, 0.05) is 0 Å². The van der Waals surface area contributed by atoms with Crippen LogP contribution in [0, 0.1) is 0 Å². The van der Waals surface area contributed by atoms with Gasteiger partial charge < -0.3 is 10.8 Å². The van der Waals surface area contributed by atoms with E-state index in [1.54, 1.807) is 13.0 Å². The highest BCUT2D eigenvalue weighted by Gasteiger charge is 2.23. The van der Waals surface area contributed by atoms with Gasteiger partial charge in [-0.05, 0) is 13.3 Å². The van der Waals surface area contributed by atoms with E-state index in [9.17, 15) is 5.11 Å². The Morgan fingerprint density at radius 1 is 1.80 bits per heavy atom. The van der Waals surface area contributed by atoms with Crippen LogP contribution >= 0.6 is 12.4 Å². The first-order chi connectivity index (χ1) is 4.04. The van der Waals surface area contributed by atoms with Gasteiger partial charge in [0.15, 0.2) is 0 Å². The Kier molecular flexibility index (Phi) is 5.95. The molecular weight excluding hydrogens is 150 g/mol. The second-order valence-corrected chi connectivity index (χ2v) is 2.47. The minimum Gasteiger partial charge on any atom is -0.388 e. The van der Waals surface area contributed by atoms with Gasteiger partial charge in [0.05, 0.1) is 11.6 Å². The molecule has 0 amide bonds. The number of aliphatic hydroxyl groups is 1. The maximum atomic E-state index is 9.40. The maximum Gasteiger partial charge on any atom is 0.0802 e. The normalized spacial score (nSPS) is 18.4. The van der Waals surface area contributed by atoms with E-state index in [2.05, 4.69) is 6.58 Å². The van der Waals surface area contributed by atoms with Crippen LogP contribution in [0.4, 0.5) is 0 Å². The fourth-order valence-electron chi connectivity index (χ4n) is 0.490. The van der Waals surface area contributed by atoms with Crippen LogP contribution in [-0.4, -0.2) is 16.7 Å². The molecule has 0 spiro atoms. The van der Waals surface area contributed by atoms with Crippen molar-refractivity contribution in [3.05, 3.63) is 12.7 Å². The monoisotopic (exact) mass is 165 g/mol. The van der Waals surface area contributed by atoms with Crippen molar-refractivity contribution in [2.24, 2.45) is 5.73 Å². The van der Waals surface area contributed by atoms with E-state index in [1.807, 2.05) is 6.92 Å². The fraction of sp³-hybridized carbons (Fsp3) is 0.714. The first-order valence-electron chi connectivity index (χ1n) is 3.15. The molecule has 0 aliphatic carbocycles. The SMILES string of the molecule is C=CC(N)C(C)(O)CC.Cl. The zero-order valence-corrected chi connectivity index (χ0v) is 7.32. The third-order valence-electron chi connectivity index (χ3n) is 1.69. The topological polar surface area (TPSA) is 46.2 Å². The Bertz CT molecular complexity index is 104. The van der Waals surface area contributed by atoms with Crippen LogP contribution in [-0.2, 0) is 0 Å². The molecule has 0 saturated carbocycles. The highest BCUT2D eigenvalue weighted by atomic mass is 35.5. The summed E-state index contributed by atoms with van der Waals surface area (Å²) in [6.45, 7) is 7.09. The Balaban J connectivity index is 0. The molecule has 2 atom stereocenters. The molecule has 2 nitrogen and oxygen atoms in total. The smallest absolute Gasteiger partial charge is 0.0802 e. The van der Waals surface area contributed by atoms with Gasteiger partial charge in [-0.25, -0.2) is 0 Å². The second-order valence-electron chi connectivity index (χ2n) is 2.47. The molecule has 0 heterocycles. The predicted molar refractivity (Wildman–Crippen MR) is 46.3 cm³/mol. The lowest BCUT2D eigenvalue weighted by molar-refractivity contribution is 0.0434. The van der Waals surface area contributed by atoms with Crippen LogP contribution < -0.4 is 5.73 Å². The number of halogens is 1. The molecule has 0 aliphatic heterocycles. The van der Waals surface area contributed by atoms with E-state index >= 15 is 0 Å². The predicted octanol–water partition coefficient (Wildman–Crippen LogP) is 1.08.